The molecule has 0 spiro atoms. The van der Waals surface area contributed by atoms with Crippen molar-refractivity contribution in [2.24, 2.45) is 0 Å². The first kappa shape index (κ1) is 16.4. The Morgan fingerprint density at radius 3 is 2.80 bits per heavy atom. The van der Waals surface area contributed by atoms with Crippen LogP contribution in [0.2, 0.25) is 0 Å². The molecule has 134 valence electrons. The van der Waals surface area contributed by atoms with Gasteiger partial charge < -0.3 is 15.4 Å². The molecule has 3 aliphatic rings. The van der Waals surface area contributed by atoms with Gasteiger partial charge in [-0.1, -0.05) is 19.3 Å². The topological polar surface area (TPSA) is 70.7 Å². The molecule has 1 aromatic rings. The summed E-state index contributed by atoms with van der Waals surface area (Å²) in [6.45, 7) is 1.05. The SMILES string of the molecule is O=C1COc2cc(NC(=O)[C@@H]3CCCCN3C3CCCC3)ccc2N1. The van der Waals surface area contributed by atoms with Gasteiger partial charge in [-0.05, 0) is 44.4 Å². The summed E-state index contributed by atoms with van der Waals surface area (Å²) in [5.74, 6) is 0.527. The molecule has 2 amide bonds. The number of nitrogens with zero attached hydrogens (tertiary/aromatic N) is 1. The Labute approximate surface area is 147 Å². The van der Waals surface area contributed by atoms with Gasteiger partial charge in [0.2, 0.25) is 5.91 Å². The molecule has 2 heterocycles. The number of hydrogen-bond acceptors (Lipinski definition) is 4. The highest BCUT2D eigenvalue weighted by molar-refractivity contribution is 5.98. The van der Waals surface area contributed by atoms with Crippen LogP contribution in [0.15, 0.2) is 18.2 Å². The maximum absolute atomic E-state index is 12.9. The van der Waals surface area contributed by atoms with Gasteiger partial charge in [0.15, 0.2) is 6.61 Å². The zero-order valence-corrected chi connectivity index (χ0v) is 14.4. The van der Waals surface area contributed by atoms with E-state index in [1.54, 1.807) is 12.1 Å². The number of fused-ring (bicyclic) bond motifs is 1. The molecule has 2 aliphatic heterocycles. The van der Waals surface area contributed by atoms with Crippen LogP contribution in [0.4, 0.5) is 11.4 Å². The molecule has 1 atom stereocenters. The van der Waals surface area contributed by atoms with Crippen molar-refractivity contribution in [2.45, 2.75) is 57.0 Å². The van der Waals surface area contributed by atoms with Crippen molar-refractivity contribution in [1.29, 1.82) is 0 Å². The summed E-state index contributed by atoms with van der Waals surface area (Å²) in [6.07, 6.45) is 8.23. The summed E-state index contributed by atoms with van der Waals surface area (Å²) in [5, 5.41) is 5.82. The van der Waals surface area contributed by atoms with Crippen molar-refractivity contribution in [3.05, 3.63) is 18.2 Å². The van der Waals surface area contributed by atoms with E-state index in [1.165, 1.54) is 32.1 Å². The summed E-state index contributed by atoms with van der Waals surface area (Å²) >= 11 is 0. The number of hydrogen-bond donors (Lipinski definition) is 2. The Morgan fingerprint density at radius 2 is 1.96 bits per heavy atom. The smallest absolute Gasteiger partial charge is 0.262 e. The van der Waals surface area contributed by atoms with Crippen LogP contribution in [0.3, 0.4) is 0 Å². The molecule has 2 N–H and O–H groups in total. The number of ether oxygens (including phenoxy) is 1. The highest BCUT2D eigenvalue weighted by Gasteiger charge is 2.34. The number of anilines is 2. The van der Waals surface area contributed by atoms with Gasteiger partial charge in [-0.2, -0.15) is 0 Å². The lowest BCUT2D eigenvalue weighted by Gasteiger charge is -2.39. The van der Waals surface area contributed by atoms with E-state index in [-0.39, 0.29) is 24.5 Å². The van der Waals surface area contributed by atoms with Crippen LogP contribution < -0.4 is 15.4 Å². The number of piperidine rings is 1. The van der Waals surface area contributed by atoms with Crippen LogP contribution in [0.5, 0.6) is 5.75 Å². The van der Waals surface area contributed by atoms with Gasteiger partial charge in [-0.3, -0.25) is 14.5 Å². The Balaban J connectivity index is 1.46. The number of amides is 2. The predicted molar refractivity (Wildman–Crippen MR) is 95.8 cm³/mol. The first-order chi connectivity index (χ1) is 12.2. The van der Waals surface area contributed by atoms with E-state index in [0.29, 0.717) is 17.5 Å². The fraction of sp³-hybridized carbons (Fsp3) is 0.579. The third-order valence-electron chi connectivity index (χ3n) is 5.52. The monoisotopic (exact) mass is 343 g/mol. The average Bonchev–Trinajstić information content (AvgIpc) is 3.16. The minimum absolute atomic E-state index is 0.0164. The van der Waals surface area contributed by atoms with Gasteiger partial charge in [-0.25, -0.2) is 0 Å². The third kappa shape index (κ3) is 3.49. The minimum atomic E-state index is -0.154. The summed E-state index contributed by atoms with van der Waals surface area (Å²) in [6, 6.07) is 5.91. The summed E-state index contributed by atoms with van der Waals surface area (Å²) in [7, 11) is 0. The normalized spacial score (nSPS) is 24.3. The van der Waals surface area contributed by atoms with Crippen molar-refractivity contribution >= 4 is 23.2 Å². The molecular weight excluding hydrogens is 318 g/mol. The van der Waals surface area contributed by atoms with Crippen molar-refractivity contribution in [1.82, 2.24) is 4.90 Å². The maximum Gasteiger partial charge on any atom is 0.262 e. The third-order valence-corrected chi connectivity index (χ3v) is 5.52. The second-order valence-electron chi connectivity index (χ2n) is 7.22. The van der Waals surface area contributed by atoms with Crippen molar-refractivity contribution in [3.63, 3.8) is 0 Å². The number of likely N-dealkylation sites (tertiary alicyclic amines) is 1. The van der Waals surface area contributed by atoms with Gasteiger partial charge in [0, 0.05) is 17.8 Å². The Bertz CT molecular complexity index is 670. The molecule has 1 saturated heterocycles. The van der Waals surface area contributed by atoms with E-state index >= 15 is 0 Å². The van der Waals surface area contributed by atoms with Gasteiger partial charge in [0.05, 0.1) is 11.7 Å². The molecule has 0 unspecified atom stereocenters. The molecule has 6 nitrogen and oxygen atoms in total. The Kier molecular flexibility index (Phi) is 4.61. The fourth-order valence-corrected chi connectivity index (χ4v) is 4.29. The summed E-state index contributed by atoms with van der Waals surface area (Å²) < 4.78 is 5.43. The molecule has 0 bridgehead atoms. The second-order valence-corrected chi connectivity index (χ2v) is 7.22. The maximum atomic E-state index is 12.9. The number of carbonyl (C=O) groups excluding carboxylic acids is 2. The standard InChI is InChI=1S/C19H25N3O3/c23-18-12-25-17-11-13(8-9-15(17)21-18)20-19(24)16-7-3-4-10-22(16)14-5-1-2-6-14/h8-9,11,14,16H,1-7,10,12H2,(H,20,24)(H,21,23)/t16-/m0/s1. The van der Waals surface area contributed by atoms with E-state index in [0.717, 1.165) is 25.1 Å². The van der Waals surface area contributed by atoms with Gasteiger partial charge in [-0.15, -0.1) is 0 Å². The number of rotatable bonds is 3. The molecule has 25 heavy (non-hydrogen) atoms. The summed E-state index contributed by atoms with van der Waals surface area (Å²) in [5.41, 5.74) is 1.37. The largest absolute Gasteiger partial charge is 0.482 e. The van der Waals surface area contributed by atoms with Gasteiger partial charge >= 0.3 is 0 Å². The molecule has 2 fully saturated rings. The van der Waals surface area contributed by atoms with Crippen LogP contribution in [0.25, 0.3) is 0 Å². The molecular formula is C19H25N3O3. The molecule has 1 saturated carbocycles. The van der Waals surface area contributed by atoms with Crippen molar-refractivity contribution in [2.75, 3.05) is 23.8 Å². The van der Waals surface area contributed by atoms with Gasteiger partial charge in [0.1, 0.15) is 5.75 Å². The molecule has 0 aromatic heterocycles. The zero-order valence-electron chi connectivity index (χ0n) is 14.4. The Morgan fingerprint density at radius 1 is 1.16 bits per heavy atom. The molecule has 0 radical (unpaired) electrons. The van der Waals surface area contributed by atoms with Crippen LogP contribution in [-0.2, 0) is 9.59 Å². The average molecular weight is 343 g/mol. The number of nitrogens with one attached hydrogen (secondary N) is 2. The van der Waals surface area contributed by atoms with Crippen LogP contribution in [-0.4, -0.2) is 41.9 Å². The van der Waals surface area contributed by atoms with E-state index in [4.69, 9.17) is 4.74 Å². The van der Waals surface area contributed by atoms with Gasteiger partial charge in [0.25, 0.3) is 5.91 Å². The first-order valence-corrected chi connectivity index (χ1v) is 9.34. The molecule has 1 aromatic carbocycles. The highest BCUT2D eigenvalue weighted by atomic mass is 16.5. The Hall–Kier alpha value is -2.08. The van der Waals surface area contributed by atoms with Crippen LogP contribution in [0.1, 0.15) is 44.9 Å². The molecule has 4 rings (SSSR count). The fourth-order valence-electron chi connectivity index (χ4n) is 4.29. The summed E-state index contributed by atoms with van der Waals surface area (Å²) in [4.78, 5) is 26.7. The highest BCUT2D eigenvalue weighted by Crippen LogP contribution is 2.32. The molecule has 1 aliphatic carbocycles. The van der Waals surface area contributed by atoms with Crippen molar-refractivity contribution < 1.29 is 14.3 Å². The quantitative estimate of drug-likeness (QED) is 0.885. The van der Waals surface area contributed by atoms with Crippen LogP contribution in [0, 0.1) is 0 Å². The first-order valence-electron chi connectivity index (χ1n) is 9.34. The minimum Gasteiger partial charge on any atom is -0.482 e. The zero-order chi connectivity index (χ0) is 17.2. The van der Waals surface area contributed by atoms with E-state index in [1.807, 2.05) is 6.07 Å². The lowest BCUT2D eigenvalue weighted by atomic mass is 9.98. The number of benzene rings is 1. The lowest BCUT2D eigenvalue weighted by molar-refractivity contribution is -0.123. The van der Waals surface area contributed by atoms with E-state index < -0.39 is 0 Å². The number of carbonyl (C=O) groups is 2. The van der Waals surface area contributed by atoms with E-state index in [2.05, 4.69) is 15.5 Å². The second kappa shape index (κ2) is 7.04. The molecule has 6 heteroatoms. The van der Waals surface area contributed by atoms with Crippen LogP contribution >= 0.6 is 0 Å². The lowest BCUT2D eigenvalue weighted by Crippen LogP contribution is -2.51. The predicted octanol–water partition coefficient (Wildman–Crippen LogP) is 2.75. The van der Waals surface area contributed by atoms with E-state index in [9.17, 15) is 9.59 Å². The van der Waals surface area contributed by atoms with Crippen molar-refractivity contribution in [3.8, 4) is 5.75 Å².